The summed E-state index contributed by atoms with van der Waals surface area (Å²) in [5, 5.41) is 11.2. The van der Waals surface area contributed by atoms with Crippen molar-refractivity contribution in [3.8, 4) is 0 Å². The number of aliphatic carboxylic acids is 1. The molecular formula is C11H19NO4. The van der Waals surface area contributed by atoms with Crippen LogP contribution in [0, 0.1) is 0 Å². The van der Waals surface area contributed by atoms with Gasteiger partial charge in [-0.2, -0.15) is 0 Å². The number of rotatable bonds is 4. The molecule has 5 nitrogen and oxygen atoms in total. The van der Waals surface area contributed by atoms with Crippen LogP contribution in [-0.4, -0.2) is 28.3 Å². The van der Waals surface area contributed by atoms with Crippen LogP contribution in [0.15, 0.2) is 12.7 Å². The van der Waals surface area contributed by atoms with E-state index in [4.69, 9.17) is 9.84 Å². The molecule has 0 rings (SSSR count). The molecule has 0 aromatic rings. The van der Waals surface area contributed by atoms with Crippen LogP contribution in [0.25, 0.3) is 0 Å². The SMILES string of the molecule is C=C[C@](C)(CC(=O)O)NC(=O)OC(C)(C)C. The molecule has 0 radical (unpaired) electrons. The summed E-state index contributed by atoms with van der Waals surface area (Å²) in [6.45, 7) is 10.3. The summed E-state index contributed by atoms with van der Waals surface area (Å²) in [5.74, 6) is -1.02. The lowest BCUT2D eigenvalue weighted by Gasteiger charge is -2.27. The van der Waals surface area contributed by atoms with E-state index >= 15 is 0 Å². The number of carbonyl (C=O) groups is 2. The molecule has 0 aliphatic rings. The molecule has 1 amide bonds. The van der Waals surface area contributed by atoms with Gasteiger partial charge in [-0.15, -0.1) is 6.58 Å². The molecular weight excluding hydrogens is 210 g/mol. The Balaban J connectivity index is 4.48. The zero-order chi connectivity index (χ0) is 13.0. The van der Waals surface area contributed by atoms with E-state index in [2.05, 4.69) is 11.9 Å². The van der Waals surface area contributed by atoms with Gasteiger partial charge in [-0.3, -0.25) is 4.79 Å². The van der Waals surface area contributed by atoms with Gasteiger partial charge in [-0.05, 0) is 27.7 Å². The molecule has 1 atom stereocenters. The minimum absolute atomic E-state index is 0.240. The Kier molecular flexibility index (Phi) is 4.53. The molecule has 5 heteroatoms. The van der Waals surface area contributed by atoms with Crippen LogP contribution in [0.5, 0.6) is 0 Å². The van der Waals surface area contributed by atoms with E-state index in [1.807, 2.05) is 0 Å². The quantitative estimate of drug-likeness (QED) is 0.722. The van der Waals surface area contributed by atoms with E-state index < -0.39 is 23.2 Å². The van der Waals surface area contributed by atoms with Crippen molar-refractivity contribution in [2.45, 2.75) is 45.3 Å². The topological polar surface area (TPSA) is 75.6 Å². The molecule has 2 N–H and O–H groups in total. The Labute approximate surface area is 95.5 Å². The molecule has 0 saturated carbocycles. The summed E-state index contributed by atoms with van der Waals surface area (Å²) in [7, 11) is 0. The third-order valence-electron chi connectivity index (χ3n) is 1.76. The van der Waals surface area contributed by atoms with Gasteiger partial charge in [-0.1, -0.05) is 6.08 Å². The zero-order valence-electron chi connectivity index (χ0n) is 10.2. The van der Waals surface area contributed by atoms with Crippen LogP contribution in [0.1, 0.15) is 34.1 Å². The van der Waals surface area contributed by atoms with Crippen molar-refractivity contribution < 1.29 is 19.4 Å². The highest BCUT2D eigenvalue weighted by atomic mass is 16.6. The molecule has 0 aliphatic heterocycles. The van der Waals surface area contributed by atoms with E-state index in [1.165, 1.54) is 6.08 Å². The molecule has 0 unspecified atom stereocenters. The number of hydrogen-bond acceptors (Lipinski definition) is 3. The molecule has 0 aliphatic carbocycles. The number of alkyl carbamates (subject to hydrolysis) is 1. The number of amides is 1. The summed E-state index contributed by atoms with van der Waals surface area (Å²) in [5.41, 5.74) is -1.62. The summed E-state index contributed by atoms with van der Waals surface area (Å²) < 4.78 is 5.03. The third kappa shape index (κ3) is 6.06. The summed E-state index contributed by atoms with van der Waals surface area (Å²) >= 11 is 0. The molecule has 0 spiro atoms. The van der Waals surface area contributed by atoms with Gasteiger partial charge in [0.05, 0.1) is 12.0 Å². The van der Waals surface area contributed by atoms with E-state index in [1.54, 1.807) is 27.7 Å². The van der Waals surface area contributed by atoms with Crippen LogP contribution in [0.3, 0.4) is 0 Å². The standard InChI is InChI=1S/C11H19NO4/c1-6-11(5,7-8(13)14)12-9(15)16-10(2,3)4/h6H,1,7H2,2-5H3,(H,12,15)(H,13,14)/t11-/m1/s1. The summed E-state index contributed by atoms with van der Waals surface area (Å²) in [6.07, 6.45) is 0.483. The normalized spacial score (nSPS) is 14.8. The number of carboxylic acid groups (broad SMARTS) is 1. The van der Waals surface area contributed by atoms with E-state index in [-0.39, 0.29) is 6.42 Å². The Hall–Kier alpha value is -1.52. The summed E-state index contributed by atoms with van der Waals surface area (Å²) in [6, 6.07) is 0. The highest BCUT2D eigenvalue weighted by Crippen LogP contribution is 2.13. The molecule has 0 bridgehead atoms. The number of nitrogens with one attached hydrogen (secondary N) is 1. The maximum absolute atomic E-state index is 11.4. The van der Waals surface area contributed by atoms with Gasteiger partial charge in [0.25, 0.3) is 0 Å². The van der Waals surface area contributed by atoms with Crippen molar-refractivity contribution in [3.63, 3.8) is 0 Å². The number of carbonyl (C=O) groups excluding carboxylic acids is 1. The first-order chi connectivity index (χ1) is 7.08. The smallest absolute Gasteiger partial charge is 0.408 e. The maximum atomic E-state index is 11.4. The van der Waals surface area contributed by atoms with Gasteiger partial charge >= 0.3 is 12.1 Å². The third-order valence-corrected chi connectivity index (χ3v) is 1.76. The first-order valence-electron chi connectivity index (χ1n) is 4.94. The van der Waals surface area contributed by atoms with Crippen molar-refractivity contribution in [1.82, 2.24) is 5.32 Å². The Morgan fingerprint density at radius 2 is 1.88 bits per heavy atom. The van der Waals surface area contributed by atoms with Gasteiger partial charge < -0.3 is 15.2 Å². The highest BCUT2D eigenvalue weighted by molar-refractivity contribution is 5.73. The zero-order valence-corrected chi connectivity index (χ0v) is 10.2. The van der Waals surface area contributed by atoms with Crippen molar-refractivity contribution >= 4 is 12.1 Å². The second-order valence-electron chi connectivity index (χ2n) is 4.82. The van der Waals surface area contributed by atoms with Crippen molar-refractivity contribution in [2.75, 3.05) is 0 Å². The molecule has 0 aromatic heterocycles. The minimum atomic E-state index is -1.02. The van der Waals surface area contributed by atoms with Crippen LogP contribution < -0.4 is 5.32 Å². The van der Waals surface area contributed by atoms with Crippen LogP contribution >= 0.6 is 0 Å². The van der Waals surface area contributed by atoms with E-state index in [0.717, 1.165) is 0 Å². The Bertz CT molecular complexity index is 293. The minimum Gasteiger partial charge on any atom is -0.481 e. The predicted molar refractivity (Wildman–Crippen MR) is 60.2 cm³/mol. The number of ether oxygens (including phenoxy) is 1. The first kappa shape index (κ1) is 14.5. The van der Waals surface area contributed by atoms with E-state index in [0.29, 0.717) is 0 Å². The second-order valence-corrected chi connectivity index (χ2v) is 4.82. The highest BCUT2D eigenvalue weighted by Gasteiger charge is 2.28. The Morgan fingerprint density at radius 1 is 1.38 bits per heavy atom. The van der Waals surface area contributed by atoms with Crippen LogP contribution in [0.4, 0.5) is 4.79 Å². The molecule has 16 heavy (non-hydrogen) atoms. The summed E-state index contributed by atoms with van der Waals surface area (Å²) in [4.78, 5) is 22.0. The monoisotopic (exact) mass is 229 g/mol. The maximum Gasteiger partial charge on any atom is 0.408 e. The van der Waals surface area contributed by atoms with Gasteiger partial charge in [0.1, 0.15) is 5.60 Å². The Morgan fingerprint density at radius 3 is 2.19 bits per heavy atom. The van der Waals surface area contributed by atoms with Crippen LogP contribution in [-0.2, 0) is 9.53 Å². The lowest BCUT2D eigenvalue weighted by atomic mass is 9.98. The molecule has 0 saturated heterocycles. The van der Waals surface area contributed by atoms with E-state index in [9.17, 15) is 9.59 Å². The largest absolute Gasteiger partial charge is 0.481 e. The lowest BCUT2D eigenvalue weighted by molar-refractivity contribution is -0.138. The first-order valence-corrected chi connectivity index (χ1v) is 4.94. The fourth-order valence-corrected chi connectivity index (χ4v) is 1.02. The van der Waals surface area contributed by atoms with Crippen molar-refractivity contribution in [3.05, 3.63) is 12.7 Å². The van der Waals surface area contributed by atoms with Gasteiger partial charge in [-0.25, -0.2) is 4.79 Å². The van der Waals surface area contributed by atoms with Gasteiger partial charge in [0.2, 0.25) is 0 Å². The predicted octanol–water partition coefficient (Wildman–Crippen LogP) is 1.93. The second kappa shape index (κ2) is 5.01. The average molecular weight is 229 g/mol. The van der Waals surface area contributed by atoms with Gasteiger partial charge in [0, 0.05) is 0 Å². The molecule has 0 heterocycles. The molecule has 0 fully saturated rings. The van der Waals surface area contributed by atoms with Crippen molar-refractivity contribution in [2.24, 2.45) is 0 Å². The van der Waals surface area contributed by atoms with Crippen molar-refractivity contribution in [1.29, 1.82) is 0 Å². The van der Waals surface area contributed by atoms with Crippen LogP contribution in [0.2, 0.25) is 0 Å². The lowest BCUT2D eigenvalue weighted by Crippen LogP contribution is -2.47. The number of hydrogen-bond donors (Lipinski definition) is 2. The number of carboxylic acids is 1. The molecule has 92 valence electrons. The fourth-order valence-electron chi connectivity index (χ4n) is 1.02. The molecule has 0 aromatic carbocycles. The average Bonchev–Trinajstić information content (AvgIpc) is 1.98. The fraction of sp³-hybridized carbons (Fsp3) is 0.636. The van der Waals surface area contributed by atoms with Gasteiger partial charge in [0.15, 0.2) is 0 Å².